The molecule has 0 bridgehead atoms. The van der Waals surface area contributed by atoms with Crippen LogP contribution in [0.2, 0.25) is 5.02 Å². The van der Waals surface area contributed by atoms with Gasteiger partial charge in [-0.05, 0) is 13.0 Å². The first kappa shape index (κ1) is 17.1. The molecule has 1 aromatic carbocycles. The van der Waals surface area contributed by atoms with E-state index >= 15 is 0 Å². The first-order valence-corrected chi connectivity index (χ1v) is 8.10. The van der Waals surface area contributed by atoms with E-state index in [4.69, 9.17) is 26.8 Å². The van der Waals surface area contributed by atoms with Crippen LogP contribution in [-0.4, -0.2) is 24.4 Å². The van der Waals surface area contributed by atoms with Crippen LogP contribution in [0.15, 0.2) is 35.3 Å². The van der Waals surface area contributed by atoms with Crippen molar-refractivity contribution in [1.82, 2.24) is 4.98 Å². The zero-order valence-corrected chi connectivity index (χ0v) is 14.2. The van der Waals surface area contributed by atoms with Crippen LogP contribution in [0, 0.1) is 0 Å². The summed E-state index contributed by atoms with van der Waals surface area (Å²) in [4.78, 5) is 4.04. The van der Waals surface area contributed by atoms with Crippen molar-refractivity contribution < 1.29 is 9.47 Å². The van der Waals surface area contributed by atoms with Gasteiger partial charge in [0.2, 0.25) is 5.13 Å². The molecule has 1 aromatic heterocycles. The SMILES string of the molecule is C=CCOc1cc(Cl)c(C=NNc2nc(N)cs2)cc1OCC. The largest absolute Gasteiger partial charge is 0.490 e. The molecule has 0 aliphatic rings. The minimum atomic E-state index is 0.372. The van der Waals surface area contributed by atoms with Gasteiger partial charge in [0.05, 0.1) is 17.8 Å². The summed E-state index contributed by atoms with van der Waals surface area (Å²) >= 11 is 7.62. The second-order valence-electron chi connectivity index (χ2n) is 4.30. The zero-order valence-electron chi connectivity index (χ0n) is 12.6. The van der Waals surface area contributed by atoms with Crippen molar-refractivity contribution in [3.63, 3.8) is 0 Å². The molecule has 0 saturated heterocycles. The molecule has 23 heavy (non-hydrogen) atoms. The average Bonchev–Trinajstić information content (AvgIpc) is 2.94. The fourth-order valence-corrected chi connectivity index (χ4v) is 2.43. The van der Waals surface area contributed by atoms with Crippen molar-refractivity contribution in [2.24, 2.45) is 5.10 Å². The lowest BCUT2D eigenvalue weighted by Gasteiger charge is -2.12. The van der Waals surface area contributed by atoms with Gasteiger partial charge < -0.3 is 15.2 Å². The maximum absolute atomic E-state index is 6.25. The lowest BCUT2D eigenvalue weighted by atomic mass is 10.2. The first-order valence-electron chi connectivity index (χ1n) is 6.84. The van der Waals surface area contributed by atoms with Gasteiger partial charge in [0.1, 0.15) is 12.4 Å². The Bertz CT molecular complexity index is 703. The Morgan fingerprint density at radius 3 is 2.87 bits per heavy atom. The van der Waals surface area contributed by atoms with Crippen molar-refractivity contribution in [3.05, 3.63) is 40.8 Å². The number of nitrogens with zero attached hydrogens (tertiary/aromatic N) is 2. The van der Waals surface area contributed by atoms with Crippen LogP contribution in [-0.2, 0) is 0 Å². The molecule has 0 atom stereocenters. The summed E-state index contributed by atoms with van der Waals surface area (Å²) in [5, 5.41) is 6.93. The van der Waals surface area contributed by atoms with E-state index in [0.29, 0.717) is 46.2 Å². The van der Waals surface area contributed by atoms with E-state index in [2.05, 4.69) is 22.1 Å². The Morgan fingerprint density at radius 1 is 1.43 bits per heavy atom. The molecule has 122 valence electrons. The van der Waals surface area contributed by atoms with Crippen LogP contribution < -0.4 is 20.6 Å². The normalized spacial score (nSPS) is 10.7. The van der Waals surface area contributed by atoms with E-state index in [-0.39, 0.29) is 0 Å². The topological polar surface area (TPSA) is 81.8 Å². The van der Waals surface area contributed by atoms with E-state index < -0.39 is 0 Å². The van der Waals surface area contributed by atoms with Crippen LogP contribution >= 0.6 is 22.9 Å². The fraction of sp³-hybridized carbons (Fsp3) is 0.200. The molecule has 8 heteroatoms. The third-order valence-electron chi connectivity index (χ3n) is 2.61. The summed E-state index contributed by atoms with van der Waals surface area (Å²) in [5.41, 5.74) is 9.03. The smallest absolute Gasteiger partial charge is 0.205 e. The number of hydrogen-bond donors (Lipinski definition) is 2. The lowest BCUT2D eigenvalue weighted by molar-refractivity contribution is 0.297. The summed E-state index contributed by atoms with van der Waals surface area (Å²) in [5.74, 6) is 1.61. The molecule has 0 amide bonds. The van der Waals surface area contributed by atoms with Gasteiger partial charge in [0, 0.05) is 17.0 Å². The summed E-state index contributed by atoms with van der Waals surface area (Å²) in [6.45, 7) is 6.40. The summed E-state index contributed by atoms with van der Waals surface area (Å²) in [6, 6.07) is 3.46. The summed E-state index contributed by atoms with van der Waals surface area (Å²) in [7, 11) is 0. The van der Waals surface area contributed by atoms with Crippen molar-refractivity contribution >= 4 is 40.1 Å². The fourth-order valence-electron chi connectivity index (χ4n) is 1.67. The van der Waals surface area contributed by atoms with Crippen molar-refractivity contribution in [2.75, 3.05) is 24.4 Å². The van der Waals surface area contributed by atoms with Gasteiger partial charge >= 0.3 is 0 Å². The number of ether oxygens (including phenoxy) is 2. The molecule has 1 heterocycles. The van der Waals surface area contributed by atoms with Gasteiger partial charge in [-0.3, -0.25) is 5.43 Å². The summed E-state index contributed by atoms with van der Waals surface area (Å²) in [6.07, 6.45) is 3.24. The quantitative estimate of drug-likeness (QED) is 0.429. The predicted octanol–water partition coefficient (Wildman–Crippen LogP) is 3.79. The van der Waals surface area contributed by atoms with E-state index in [0.717, 1.165) is 0 Å². The highest BCUT2D eigenvalue weighted by Gasteiger charge is 2.10. The number of anilines is 2. The Balaban J connectivity index is 2.16. The van der Waals surface area contributed by atoms with Crippen LogP contribution in [0.1, 0.15) is 12.5 Å². The summed E-state index contributed by atoms with van der Waals surface area (Å²) < 4.78 is 11.1. The second-order valence-corrected chi connectivity index (χ2v) is 5.57. The Morgan fingerprint density at radius 2 is 2.22 bits per heavy atom. The molecule has 0 fully saturated rings. The molecule has 0 spiro atoms. The molecule has 0 saturated carbocycles. The monoisotopic (exact) mass is 352 g/mol. The minimum absolute atomic E-state index is 0.372. The molecule has 0 radical (unpaired) electrons. The van der Waals surface area contributed by atoms with Gasteiger partial charge in [0.15, 0.2) is 11.5 Å². The van der Waals surface area contributed by atoms with Crippen molar-refractivity contribution in [1.29, 1.82) is 0 Å². The highest BCUT2D eigenvalue weighted by atomic mass is 35.5. The van der Waals surface area contributed by atoms with Gasteiger partial charge in [0.25, 0.3) is 0 Å². The number of nitrogens with two attached hydrogens (primary N) is 1. The van der Waals surface area contributed by atoms with Crippen LogP contribution in [0.25, 0.3) is 0 Å². The number of thiazole rings is 1. The number of nitrogens with one attached hydrogen (secondary N) is 1. The van der Waals surface area contributed by atoms with Gasteiger partial charge in [-0.15, -0.1) is 11.3 Å². The third kappa shape index (κ3) is 4.87. The van der Waals surface area contributed by atoms with Crippen LogP contribution in [0.5, 0.6) is 11.5 Å². The number of benzene rings is 1. The van der Waals surface area contributed by atoms with Crippen LogP contribution in [0.3, 0.4) is 0 Å². The third-order valence-corrected chi connectivity index (χ3v) is 3.70. The highest BCUT2D eigenvalue weighted by Crippen LogP contribution is 2.33. The molecule has 2 aromatic rings. The molecule has 6 nitrogen and oxygen atoms in total. The second kappa shape index (κ2) is 8.40. The molecule has 2 rings (SSSR count). The number of rotatable bonds is 8. The number of halogens is 1. The molecular weight excluding hydrogens is 336 g/mol. The molecule has 0 aliphatic carbocycles. The highest BCUT2D eigenvalue weighted by molar-refractivity contribution is 7.14. The number of nitrogen functional groups attached to an aromatic ring is 1. The predicted molar refractivity (Wildman–Crippen MR) is 96.1 cm³/mol. The Labute approximate surface area is 143 Å². The maximum atomic E-state index is 6.25. The van der Waals surface area contributed by atoms with Gasteiger partial charge in [-0.2, -0.15) is 5.10 Å². The molecule has 3 N–H and O–H groups in total. The number of hydrazone groups is 1. The van der Waals surface area contributed by atoms with E-state index in [1.54, 1.807) is 29.8 Å². The average molecular weight is 353 g/mol. The van der Waals surface area contributed by atoms with E-state index in [1.165, 1.54) is 11.3 Å². The lowest BCUT2D eigenvalue weighted by Crippen LogP contribution is -2.00. The van der Waals surface area contributed by atoms with Crippen LogP contribution in [0.4, 0.5) is 10.9 Å². The van der Waals surface area contributed by atoms with E-state index in [9.17, 15) is 0 Å². The molecule has 0 unspecified atom stereocenters. The molecule has 0 aliphatic heterocycles. The van der Waals surface area contributed by atoms with E-state index in [1.807, 2.05) is 6.92 Å². The number of aromatic nitrogens is 1. The molecular formula is C15H17ClN4O2S. The first-order chi connectivity index (χ1) is 11.1. The minimum Gasteiger partial charge on any atom is -0.490 e. The maximum Gasteiger partial charge on any atom is 0.205 e. The van der Waals surface area contributed by atoms with Gasteiger partial charge in [-0.25, -0.2) is 4.98 Å². The number of hydrogen-bond acceptors (Lipinski definition) is 7. The van der Waals surface area contributed by atoms with Crippen molar-refractivity contribution in [3.8, 4) is 11.5 Å². The van der Waals surface area contributed by atoms with Gasteiger partial charge in [-0.1, -0.05) is 24.3 Å². The zero-order chi connectivity index (χ0) is 16.7. The standard InChI is InChI=1S/C15H17ClN4O2S/c1-3-5-22-13-7-11(16)10(6-12(13)21-4-2)8-18-20-15-19-14(17)9-23-15/h3,6-9H,1,4-5,17H2,2H3,(H,19,20). The van der Waals surface area contributed by atoms with Crippen molar-refractivity contribution in [2.45, 2.75) is 6.92 Å². The Kier molecular flexibility index (Phi) is 6.25. The Hall–Kier alpha value is -2.25.